The standard InChI is InChI=1S/C47H34N2/c1-31-18-21-34(22-19-31)48(36-24-26-42-40-14-5-4-12-38(40)39-13-6-7-15-41(39)45(42)29-36)37-25-27-44-43-16-8-9-17-46(43)49(47(44)30-37)35-23-20-32-10-2-3-11-33(32)28-35/h2-27,29-30,35H,28H2,1H3. The van der Waals surface area contributed by atoms with Gasteiger partial charge in [-0.05, 0) is 99.3 Å². The van der Waals surface area contributed by atoms with E-state index in [9.17, 15) is 0 Å². The first kappa shape index (κ1) is 27.9. The summed E-state index contributed by atoms with van der Waals surface area (Å²) < 4.78 is 2.56. The number of para-hydroxylation sites is 1. The third-order valence-corrected chi connectivity index (χ3v) is 10.5. The van der Waals surface area contributed by atoms with Crippen LogP contribution in [0.25, 0.3) is 60.2 Å². The van der Waals surface area contributed by atoms with Crippen LogP contribution in [0.15, 0.2) is 164 Å². The third kappa shape index (κ3) is 4.41. The van der Waals surface area contributed by atoms with E-state index in [2.05, 4.69) is 186 Å². The van der Waals surface area contributed by atoms with Gasteiger partial charge in [-0.2, -0.15) is 0 Å². The van der Waals surface area contributed by atoms with Crippen LogP contribution in [0, 0.1) is 6.92 Å². The summed E-state index contributed by atoms with van der Waals surface area (Å²) in [5, 5.41) is 10.3. The number of aromatic nitrogens is 1. The smallest absolute Gasteiger partial charge is 0.0566 e. The van der Waals surface area contributed by atoms with Crippen molar-refractivity contribution < 1.29 is 0 Å². The van der Waals surface area contributed by atoms with Crippen molar-refractivity contribution in [1.29, 1.82) is 0 Å². The van der Waals surface area contributed by atoms with Crippen LogP contribution < -0.4 is 4.90 Å². The monoisotopic (exact) mass is 626 g/mol. The largest absolute Gasteiger partial charge is 0.333 e. The van der Waals surface area contributed by atoms with Gasteiger partial charge < -0.3 is 9.47 Å². The van der Waals surface area contributed by atoms with E-state index in [-0.39, 0.29) is 6.04 Å². The second-order valence-electron chi connectivity index (χ2n) is 13.4. The van der Waals surface area contributed by atoms with Gasteiger partial charge in [0.2, 0.25) is 0 Å². The fourth-order valence-corrected chi connectivity index (χ4v) is 8.23. The van der Waals surface area contributed by atoms with E-state index in [1.807, 2.05) is 0 Å². The predicted molar refractivity (Wildman–Crippen MR) is 210 cm³/mol. The first-order valence-electron chi connectivity index (χ1n) is 17.2. The number of allylic oxidation sites excluding steroid dienone is 1. The molecule has 0 radical (unpaired) electrons. The van der Waals surface area contributed by atoms with Crippen LogP contribution in [-0.4, -0.2) is 4.57 Å². The van der Waals surface area contributed by atoms with Crippen molar-refractivity contribution in [2.45, 2.75) is 19.4 Å². The molecule has 1 aromatic heterocycles. The minimum Gasteiger partial charge on any atom is -0.333 e. The maximum atomic E-state index is 2.56. The number of hydrogen-bond acceptors (Lipinski definition) is 1. The summed E-state index contributed by atoms with van der Waals surface area (Å²) >= 11 is 0. The van der Waals surface area contributed by atoms with Crippen molar-refractivity contribution in [2.24, 2.45) is 0 Å². The lowest BCUT2D eigenvalue weighted by Gasteiger charge is -2.27. The van der Waals surface area contributed by atoms with Gasteiger partial charge in [-0.25, -0.2) is 0 Å². The lowest BCUT2D eigenvalue weighted by atomic mass is 9.94. The molecule has 0 bridgehead atoms. The molecule has 1 aliphatic rings. The maximum Gasteiger partial charge on any atom is 0.0566 e. The predicted octanol–water partition coefficient (Wildman–Crippen LogP) is 12.8. The molecule has 49 heavy (non-hydrogen) atoms. The van der Waals surface area contributed by atoms with Gasteiger partial charge in [0.1, 0.15) is 0 Å². The quantitative estimate of drug-likeness (QED) is 0.176. The number of fused-ring (bicyclic) bond motifs is 10. The molecule has 2 nitrogen and oxygen atoms in total. The van der Waals surface area contributed by atoms with Gasteiger partial charge in [0.15, 0.2) is 0 Å². The molecule has 2 heteroatoms. The molecule has 232 valence electrons. The van der Waals surface area contributed by atoms with Gasteiger partial charge in [0, 0.05) is 33.4 Å². The topological polar surface area (TPSA) is 8.17 Å². The Morgan fingerprint density at radius 2 is 1.00 bits per heavy atom. The molecule has 0 saturated heterocycles. The molecule has 1 heterocycles. The molecular weight excluding hydrogens is 593 g/mol. The molecule has 0 amide bonds. The van der Waals surface area contributed by atoms with Gasteiger partial charge in [0.25, 0.3) is 0 Å². The third-order valence-electron chi connectivity index (χ3n) is 10.5. The van der Waals surface area contributed by atoms with Crippen LogP contribution in [0.5, 0.6) is 0 Å². The molecule has 0 saturated carbocycles. The van der Waals surface area contributed by atoms with Crippen molar-refractivity contribution in [1.82, 2.24) is 4.57 Å². The highest BCUT2D eigenvalue weighted by molar-refractivity contribution is 6.25. The summed E-state index contributed by atoms with van der Waals surface area (Å²) in [6.45, 7) is 2.15. The number of hydrogen-bond donors (Lipinski definition) is 0. The minimum atomic E-state index is 0.223. The van der Waals surface area contributed by atoms with E-state index in [0.717, 1.165) is 23.5 Å². The summed E-state index contributed by atoms with van der Waals surface area (Å²) in [5.41, 5.74) is 9.92. The number of aryl methyl sites for hydroxylation is 1. The Labute approximate surface area is 285 Å². The van der Waals surface area contributed by atoms with Gasteiger partial charge in [-0.3, -0.25) is 0 Å². The lowest BCUT2D eigenvalue weighted by Crippen LogP contribution is -2.13. The highest BCUT2D eigenvalue weighted by atomic mass is 15.1. The molecule has 8 aromatic carbocycles. The van der Waals surface area contributed by atoms with E-state index in [0.29, 0.717) is 0 Å². The van der Waals surface area contributed by atoms with Gasteiger partial charge in [-0.15, -0.1) is 0 Å². The SMILES string of the molecule is Cc1ccc(N(c2ccc3c4ccccc4c4ccccc4c3c2)c2ccc3c4ccccc4n(C4C=Cc5ccccc5C4)c3c2)cc1. The Morgan fingerprint density at radius 1 is 0.469 bits per heavy atom. The molecule has 0 fully saturated rings. The van der Waals surface area contributed by atoms with Crippen LogP contribution in [0.3, 0.4) is 0 Å². The average Bonchev–Trinajstić information content (AvgIpc) is 3.49. The summed E-state index contributed by atoms with van der Waals surface area (Å²) in [4.78, 5) is 2.43. The van der Waals surface area contributed by atoms with Gasteiger partial charge in [0.05, 0.1) is 11.6 Å². The molecule has 0 aliphatic heterocycles. The van der Waals surface area contributed by atoms with E-state index in [1.165, 1.54) is 70.8 Å². The number of anilines is 3. The van der Waals surface area contributed by atoms with E-state index >= 15 is 0 Å². The first-order chi connectivity index (χ1) is 24.2. The van der Waals surface area contributed by atoms with E-state index in [4.69, 9.17) is 0 Å². The minimum absolute atomic E-state index is 0.223. The normalized spacial score (nSPS) is 14.3. The zero-order valence-electron chi connectivity index (χ0n) is 27.3. The second kappa shape index (κ2) is 11.0. The second-order valence-corrected chi connectivity index (χ2v) is 13.4. The van der Waals surface area contributed by atoms with Crippen LogP contribution in [-0.2, 0) is 6.42 Å². The summed E-state index contributed by atoms with van der Waals surface area (Å²) in [6.07, 6.45) is 5.66. The Hall–Kier alpha value is -6.12. The fourth-order valence-electron chi connectivity index (χ4n) is 8.23. The average molecular weight is 627 g/mol. The highest BCUT2D eigenvalue weighted by Crippen LogP contribution is 2.43. The summed E-state index contributed by atoms with van der Waals surface area (Å²) in [5.74, 6) is 0. The molecule has 1 atom stereocenters. The molecule has 9 aromatic rings. The van der Waals surface area contributed by atoms with Gasteiger partial charge in [-0.1, -0.05) is 133 Å². The molecule has 1 aliphatic carbocycles. The lowest BCUT2D eigenvalue weighted by molar-refractivity contribution is 0.635. The van der Waals surface area contributed by atoms with Crippen LogP contribution in [0.4, 0.5) is 17.1 Å². The highest BCUT2D eigenvalue weighted by Gasteiger charge is 2.22. The van der Waals surface area contributed by atoms with Crippen molar-refractivity contribution in [3.05, 3.63) is 180 Å². The Morgan fingerprint density at radius 3 is 1.73 bits per heavy atom. The fraction of sp³-hybridized carbons (Fsp3) is 0.0638. The first-order valence-corrected chi connectivity index (χ1v) is 17.2. The van der Waals surface area contributed by atoms with E-state index in [1.54, 1.807) is 0 Å². The Kier molecular flexibility index (Phi) is 6.25. The van der Waals surface area contributed by atoms with Crippen LogP contribution in [0.1, 0.15) is 22.7 Å². The number of nitrogens with zero attached hydrogens (tertiary/aromatic N) is 2. The molecule has 0 N–H and O–H groups in total. The van der Waals surface area contributed by atoms with E-state index < -0.39 is 0 Å². The Balaban J connectivity index is 1.21. The maximum absolute atomic E-state index is 2.56. The number of rotatable bonds is 4. The van der Waals surface area contributed by atoms with Crippen molar-refractivity contribution in [3.8, 4) is 0 Å². The van der Waals surface area contributed by atoms with Crippen LogP contribution >= 0.6 is 0 Å². The number of benzene rings is 8. The van der Waals surface area contributed by atoms with Crippen molar-refractivity contribution in [3.63, 3.8) is 0 Å². The summed E-state index contributed by atoms with van der Waals surface area (Å²) in [6, 6.07) is 58.5. The molecule has 0 spiro atoms. The zero-order valence-corrected chi connectivity index (χ0v) is 27.3. The zero-order chi connectivity index (χ0) is 32.5. The Bertz CT molecular complexity index is 2730. The molecule has 1 unspecified atom stereocenters. The van der Waals surface area contributed by atoms with Crippen molar-refractivity contribution >= 4 is 77.3 Å². The van der Waals surface area contributed by atoms with Crippen LogP contribution in [0.2, 0.25) is 0 Å². The summed E-state index contributed by atoms with van der Waals surface area (Å²) in [7, 11) is 0. The molecular formula is C47H34N2. The molecule has 10 rings (SSSR count). The van der Waals surface area contributed by atoms with Gasteiger partial charge >= 0.3 is 0 Å². The van der Waals surface area contributed by atoms with Crippen molar-refractivity contribution in [2.75, 3.05) is 4.90 Å².